The van der Waals surface area contributed by atoms with Gasteiger partial charge in [0, 0.05) is 6.54 Å². The molecule has 0 aliphatic heterocycles. The van der Waals surface area contributed by atoms with E-state index in [9.17, 15) is 5.11 Å². The molecule has 0 bridgehead atoms. The summed E-state index contributed by atoms with van der Waals surface area (Å²) in [5.41, 5.74) is 1.49. The van der Waals surface area contributed by atoms with E-state index in [1.807, 2.05) is 32.0 Å². The second-order valence-corrected chi connectivity index (χ2v) is 4.68. The van der Waals surface area contributed by atoms with Gasteiger partial charge in [0.25, 0.3) is 0 Å². The van der Waals surface area contributed by atoms with Crippen molar-refractivity contribution >= 4 is 0 Å². The minimum Gasteiger partial charge on any atom is -0.386 e. The summed E-state index contributed by atoms with van der Waals surface area (Å²) in [6.45, 7) is 11.0. The summed E-state index contributed by atoms with van der Waals surface area (Å²) in [5, 5.41) is 10.1. The van der Waals surface area contributed by atoms with Crippen LogP contribution in [0.25, 0.3) is 0 Å². The highest BCUT2D eigenvalue weighted by Gasteiger charge is 2.19. The molecule has 0 fully saturated rings. The number of aliphatic hydroxyl groups is 1. The monoisotopic (exact) mass is 221 g/mol. The Morgan fingerprint density at radius 1 is 1.12 bits per heavy atom. The number of hydrogen-bond donors (Lipinski definition) is 1. The van der Waals surface area contributed by atoms with Crippen molar-refractivity contribution in [2.75, 3.05) is 13.1 Å². The van der Waals surface area contributed by atoms with Crippen LogP contribution in [0.3, 0.4) is 0 Å². The fourth-order valence-corrected chi connectivity index (χ4v) is 1.94. The van der Waals surface area contributed by atoms with Crippen LogP contribution in [0.15, 0.2) is 24.3 Å². The van der Waals surface area contributed by atoms with Gasteiger partial charge in [-0.15, -0.1) is 0 Å². The highest BCUT2D eigenvalue weighted by Crippen LogP contribution is 2.24. The van der Waals surface area contributed by atoms with Crippen LogP contribution in [0.2, 0.25) is 0 Å². The van der Waals surface area contributed by atoms with Crippen LogP contribution < -0.4 is 0 Å². The topological polar surface area (TPSA) is 23.5 Å². The quantitative estimate of drug-likeness (QED) is 0.826. The van der Waals surface area contributed by atoms with Crippen molar-refractivity contribution in [2.24, 2.45) is 0 Å². The fraction of sp³-hybridized carbons (Fsp3) is 0.571. The van der Waals surface area contributed by atoms with E-state index in [1.54, 1.807) is 0 Å². The van der Waals surface area contributed by atoms with E-state index in [2.05, 4.69) is 24.8 Å². The molecule has 2 heteroatoms. The van der Waals surface area contributed by atoms with Gasteiger partial charge in [0.15, 0.2) is 0 Å². The zero-order valence-corrected chi connectivity index (χ0v) is 10.8. The molecule has 0 heterocycles. The molecule has 90 valence electrons. The number of hydrogen-bond acceptors (Lipinski definition) is 2. The van der Waals surface area contributed by atoms with Gasteiger partial charge in [-0.3, -0.25) is 4.90 Å². The molecule has 1 aromatic rings. The summed E-state index contributed by atoms with van der Waals surface area (Å²) in [5.74, 6) is 0. The second-order valence-electron chi connectivity index (χ2n) is 4.68. The predicted molar refractivity (Wildman–Crippen MR) is 68.3 cm³/mol. The average molecular weight is 221 g/mol. The molecule has 0 spiro atoms. The first-order valence-corrected chi connectivity index (χ1v) is 6.02. The molecule has 16 heavy (non-hydrogen) atoms. The lowest BCUT2D eigenvalue weighted by Crippen LogP contribution is -2.25. The van der Waals surface area contributed by atoms with Gasteiger partial charge in [-0.05, 0) is 38.1 Å². The van der Waals surface area contributed by atoms with E-state index in [0.29, 0.717) is 0 Å². The summed E-state index contributed by atoms with van der Waals surface area (Å²) in [7, 11) is 0. The van der Waals surface area contributed by atoms with Crippen LogP contribution in [0.4, 0.5) is 0 Å². The summed E-state index contributed by atoms with van der Waals surface area (Å²) < 4.78 is 0. The summed E-state index contributed by atoms with van der Waals surface area (Å²) in [6.07, 6.45) is 0. The lowest BCUT2D eigenvalue weighted by atomic mass is 9.93. The molecule has 0 aromatic heterocycles. The van der Waals surface area contributed by atoms with Gasteiger partial charge in [0.1, 0.15) is 0 Å². The third-order valence-electron chi connectivity index (χ3n) is 2.96. The number of nitrogens with zero attached hydrogens (tertiary/aromatic N) is 1. The van der Waals surface area contributed by atoms with Crippen LogP contribution >= 0.6 is 0 Å². The Labute approximate surface area is 98.9 Å². The third-order valence-corrected chi connectivity index (χ3v) is 2.96. The minimum absolute atomic E-state index is 0.760. The van der Waals surface area contributed by atoms with Crippen molar-refractivity contribution in [3.05, 3.63) is 35.4 Å². The van der Waals surface area contributed by atoms with Crippen molar-refractivity contribution < 1.29 is 5.11 Å². The van der Waals surface area contributed by atoms with E-state index < -0.39 is 5.60 Å². The molecule has 0 atom stereocenters. The Morgan fingerprint density at radius 3 is 2.19 bits per heavy atom. The lowest BCUT2D eigenvalue weighted by molar-refractivity contribution is 0.0766. The van der Waals surface area contributed by atoms with Gasteiger partial charge in [0.05, 0.1) is 5.60 Å². The number of benzene rings is 1. The van der Waals surface area contributed by atoms with E-state index in [-0.39, 0.29) is 0 Å². The van der Waals surface area contributed by atoms with E-state index in [4.69, 9.17) is 0 Å². The van der Waals surface area contributed by atoms with Gasteiger partial charge >= 0.3 is 0 Å². The molecule has 0 saturated carbocycles. The summed E-state index contributed by atoms with van der Waals surface area (Å²) in [6, 6.07) is 8.14. The molecule has 0 amide bonds. The molecular formula is C14H23NO. The smallest absolute Gasteiger partial charge is 0.0843 e. The van der Waals surface area contributed by atoms with Crippen molar-refractivity contribution in [1.29, 1.82) is 0 Å². The van der Waals surface area contributed by atoms with E-state index in [0.717, 1.165) is 25.2 Å². The first-order valence-electron chi connectivity index (χ1n) is 6.02. The SMILES string of the molecule is CCN(CC)Cc1ccccc1C(C)(C)O. The molecule has 1 rings (SSSR count). The molecule has 2 nitrogen and oxygen atoms in total. The van der Waals surface area contributed by atoms with Crippen LogP contribution in [0.5, 0.6) is 0 Å². The summed E-state index contributed by atoms with van der Waals surface area (Å²) >= 11 is 0. The predicted octanol–water partition coefficient (Wildman–Crippen LogP) is 2.76. The zero-order chi connectivity index (χ0) is 12.2. The van der Waals surface area contributed by atoms with E-state index in [1.165, 1.54) is 5.56 Å². The Morgan fingerprint density at radius 2 is 1.69 bits per heavy atom. The summed E-state index contributed by atoms with van der Waals surface area (Å²) in [4.78, 5) is 2.35. The first kappa shape index (κ1) is 13.2. The van der Waals surface area contributed by atoms with Crippen LogP contribution in [0.1, 0.15) is 38.8 Å². The maximum absolute atomic E-state index is 10.1. The Hall–Kier alpha value is -0.860. The normalized spacial score (nSPS) is 12.1. The first-order chi connectivity index (χ1) is 7.49. The molecular weight excluding hydrogens is 198 g/mol. The van der Waals surface area contributed by atoms with E-state index >= 15 is 0 Å². The van der Waals surface area contributed by atoms with Gasteiger partial charge in [0.2, 0.25) is 0 Å². The second kappa shape index (κ2) is 5.46. The van der Waals surface area contributed by atoms with Crippen molar-refractivity contribution in [2.45, 2.75) is 39.8 Å². The maximum Gasteiger partial charge on any atom is 0.0843 e. The van der Waals surface area contributed by atoms with Gasteiger partial charge in [-0.25, -0.2) is 0 Å². The largest absolute Gasteiger partial charge is 0.386 e. The zero-order valence-electron chi connectivity index (χ0n) is 10.8. The average Bonchev–Trinajstić information content (AvgIpc) is 2.25. The molecule has 1 N–H and O–H groups in total. The van der Waals surface area contributed by atoms with Crippen molar-refractivity contribution in [1.82, 2.24) is 4.90 Å². The number of rotatable bonds is 5. The van der Waals surface area contributed by atoms with Gasteiger partial charge in [-0.1, -0.05) is 38.1 Å². The lowest BCUT2D eigenvalue weighted by Gasteiger charge is -2.25. The van der Waals surface area contributed by atoms with Crippen LogP contribution in [-0.2, 0) is 12.1 Å². The van der Waals surface area contributed by atoms with Gasteiger partial charge < -0.3 is 5.11 Å². The molecule has 0 saturated heterocycles. The molecule has 0 aliphatic carbocycles. The highest BCUT2D eigenvalue weighted by molar-refractivity contribution is 5.31. The van der Waals surface area contributed by atoms with Crippen LogP contribution in [0, 0.1) is 0 Å². The maximum atomic E-state index is 10.1. The molecule has 0 radical (unpaired) electrons. The fourth-order valence-electron chi connectivity index (χ4n) is 1.94. The van der Waals surface area contributed by atoms with Crippen molar-refractivity contribution in [3.8, 4) is 0 Å². The van der Waals surface area contributed by atoms with Crippen LogP contribution in [-0.4, -0.2) is 23.1 Å². The Kier molecular flexibility index (Phi) is 4.51. The Bertz CT molecular complexity index is 324. The van der Waals surface area contributed by atoms with Crippen molar-refractivity contribution in [3.63, 3.8) is 0 Å². The standard InChI is InChI=1S/C14H23NO/c1-5-15(6-2)11-12-9-7-8-10-13(12)14(3,4)16/h7-10,16H,5-6,11H2,1-4H3. The van der Waals surface area contributed by atoms with Gasteiger partial charge in [-0.2, -0.15) is 0 Å². The molecule has 0 unspecified atom stereocenters. The Balaban J connectivity index is 2.95. The molecule has 0 aliphatic rings. The minimum atomic E-state index is -0.760. The molecule has 1 aromatic carbocycles. The third kappa shape index (κ3) is 3.32. The highest BCUT2D eigenvalue weighted by atomic mass is 16.3.